The van der Waals surface area contributed by atoms with Gasteiger partial charge in [0.2, 0.25) is 15.9 Å². The van der Waals surface area contributed by atoms with E-state index in [4.69, 9.17) is 16.3 Å². The van der Waals surface area contributed by atoms with Gasteiger partial charge in [-0.05, 0) is 73.6 Å². The normalized spacial score (nSPS) is 16.9. The molecule has 0 saturated heterocycles. The van der Waals surface area contributed by atoms with Crippen molar-refractivity contribution in [2.24, 2.45) is 0 Å². The zero-order valence-corrected chi connectivity index (χ0v) is 22.1. The summed E-state index contributed by atoms with van der Waals surface area (Å²) in [7, 11) is 1.55. The Hall–Kier alpha value is -2.91. The average Bonchev–Trinajstić information content (AvgIpc) is 2.88. The molecule has 4 rings (SSSR count). The molecule has 1 N–H and O–H groups in total. The molecule has 190 valence electrons. The van der Waals surface area contributed by atoms with Gasteiger partial charge in [-0.1, -0.05) is 48.0 Å². The monoisotopic (exact) mass is 527 g/mol. The van der Waals surface area contributed by atoms with Gasteiger partial charge in [0, 0.05) is 18.1 Å². The second-order valence-electron chi connectivity index (χ2n) is 8.99. The predicted octanol–water partition coefficient (Wildman–Crippen LogP) is 3.88. The highest BCUT2D eigenvalue weighted by atomic mass is 35.5. The number of nitrogens with one attached hydrogen (secondary N) is 1. The van der Waals surface area contributed by atoms with Crippen LogP contribution in [0.25, 0.3) is 0 Å². The van der Waals surface area contributed by atoms with Crippen LogP contribution in [0, 0.1) is 0 Å². The Bertz CT molecular complexity index is 1310. The Morgan fingerprint density at radius 3 is 2.31 bits per heavy atom. The van der Waals surface area contributed by atoms with Crippen molar-refractivity contribution in [1.29, 1.82) is 0 Å². The minimum Gasteiger partial charge on any atom is -0.497 e. The third-order valence-corrected chi connectivity index (χ3v) is 8.64. The van der Waals surface area contributed by atoms with Crippen LogP contribution >= 0.6 is 11.6 Å². The topological polar surface area (TPSA) is 79.0 Å². The fourth-order valence-electron chi connectivity index (χ4n) is 4.46. The van der Waals surface area contributed by atoms with Crippen molar-refractivity contribution in [3.63, 3.8) is 0 Å². The molecular weight excluding hydrogens is 498 g/mol. The molecule has 3 aromatic carbocycles. The minimum atomic E-state index is -3.94. The van der Waals surface area contributed by atoms with Crippen molar-refractivity contribution < 1.29 is 17.9 Å². The zero-order chi connectivity index (χ0) is 25.9. The molecule has 9 heteroatoms. The van der Waals surface area contributed by atoms with E-state index in [9.17, 15) is 13.2 Å². The molecule has 1 heterocycles. The van der Waals surface area contributed by atoms with Crippen LogP contribution in [0.3, 0.4) is 0 Å². The number of fused-ring (bicyclic) bond motifs is 1. The van der Waals surface area contributed by atoms with Crippen LogP contribution in [-0.2, 0) is 27.8 Å². The highest BCUT2D eigenvalue weighted by Crippen LogP contribution is 2.30. The molecule has 0 radical (unpaired) electrons. The molecule has 2 unspecified atom stereocenters. The Morgan fingerprint density at radius 1 is 1.06 bits per heavy atom. The van der Waals surface area contributed by atoms with E-state index in [0.29, 0.717) is 18.0 Å². The molecule has 0 saturated carbocycles. The van der Waals surface area contributed by atoms with Gasteiger partial charge >= 0.3 is 0 Å². The Balaban J connectivity index is 1.59. The van der Waals surface area contributed by atoms with Crippen molar-refractivity contribution in [3.05, 3.63) is 94.5 Å². The van der Waals surface area contributed by atoms with E-state index < -0.39 is 16.1 Å². The second kappa shape index (κ2) is 11.0. The number of hydrogen-bond donors (Lipinski definition) is 1. The Kier molecular flexibility index (Phi) is 8.00. The number of halogens is 1. The van der Waals surface area contributed by atoms with E-state index in [2.05, 4.69) is 5.32 Å². The number of rotatable bonds is 8. The van der Waals surface area contributed by atoms with Crippen LogP contribution in [0.2, 0.25) is 5.02 Å². The molecule has 1 aliphatic heterocycles. The summed E-state index contributed by atoms with van der Waals surface area (Å²) in [6.45, 7) is 0.444. The van der Waals surface area contributed by atoms with Crippen LogP contribution in [0.15, 0.2) is 77.7 Å². The molecule has 0 bridgehead atoms. The van der Waals surface area contributed by atoms with Crippen molar-refractivity contribution >= 4 is 27.5 Å². The van der Waals surface area contributed by atoms with Crippen molar-refractivity contribution in [1.82, 2.24) is 14.5 Å². The number of benzene rings is 3. The number of ether oxygens (including phenoxy) is 1. The smallest absolute Gasteiger partial charge is 0.244 e. The maximum absolute atomic E-state index is 13.6. The van der Waals surface area contributed by atoms with E-state index in [-0.39, 0.29) is 23.4 Å². The maximum Gasteiger partial charge on any atom is 0.244 e. The average molecular weight is 528 g/mol. The van der Waals surface area contributed by atoms with Crippen LogP contribution in [0.4, 0.5) is 0 Å². The summed E-state index contributed by atoms with van der Waals surface area (Å²) in [4.78, 5) is 15.7. The summed E-state index contributed by atoms with van der Waals surface area (Å²) < 4.78 is 33.8. The van der Waals surface area contributed by atoms with E-state index in [1.165, 1.54) is 28.6 Å². The summed E-state index contributed by atoms with van der Waals surface area (Å²) in [5.74, 6) is 0.423. The van der Waals surface area contributed by atoms with E-state index in [1.807, 2.05) is 67.5 Å². The van der Waals surface area contributed by atoms with Gasteiger partial charge in [0.05, 0.1) is 18.0 Å². The van der Waals surface area contributed by atoms with E-state index >= 15 is 0 Å². The molecule has 3 aromatic rings. The molecule has 1 amide bonds. The standard InChI is InChI=1S/C27H30ClN3O4S/c1-30(2)26(19-8-12-23(35-3)13-9-19)17-29-27(32)25-16-20-6-4-5-7-21(20)18-31(25)36(33,34)24-14-10-22(28)11-15-24/h4-15,25-26H,16-18H2,1-3H3,(H,29,32). The van der Waals surface area contributed by atoms with Gasteiger partial charge in [0.25, 0.3) is 0 Å². The first-order valence-electron chi connectivity index (χ1n) is 11.6. The molecular formula is C27H30ClN3O4S. The summed E-state index contributed by atoms with van der Waals surface area (Å²) in [6.07, 6.45) is 0.296. The molecule has 0 spiro atoms. The summed E-state index contributed by atoms with van der Waals surface area (Å²) in [5.41, 5.74) is 2.88. The predicted molar refractivity (Wildman–Crippen MR) is 141 cm³/mol. The number of likely N-dealkylation sites (N-methyl/N-ethyl adjacent to an activating group) is 1. The minimum absolute atomic E-state index is 0.0999. The fourth-order valence-corrected chi connectivity index (χ4v) is 6.15. The molecule has 36 heavy (non-hydrogen) atoms. The fraction of sp³-hybridized carbons (Fsp3) is 0.296. The lowest BCUT2D eigenvalue weighted by Crippen LogP contribution is -2.53. The number of nitrogens with zero attached hydrogens (tertiary/aromatic N) is 2. The summed E-state index contributed by atoms with van der Waals surface area (Å²) in [5, 5.41) is 3.46. The number of hydrogen-bond acceptors (Lipinski definition) is 5. The highest BCUT2D eigenvalue weighted by molar-refractivity contribution is 7.89. The number of amides is 1. The lowest BCUT2D eigenvalue weighted by atomic mass is 9.95. The second-order valence-corrected chi connectivity index (χ2v) is 11.3. The van der Waals surface area contributed by atoms with Crippen LogP contribution < -0.4 is 10.1 Å². The van der Waals surface area contributed by atoms with Gasteiger partial charge in [0.15, 0.2) is 0 Å². The van der Waals surface area contributed by atoms with Gasteiger partial charge in [-0.15, -0.1) is 0 Å². The van der Waals surface area contributed by atoms with Gasteiger partial charge in [0.1, 0.15) is 11.8 Å². The number of methoxy groups -OCH3 is 1. The molecule has 7 nitrogen and oxygen atoms in total. The third kappa shape index (κ3) is 5.57. The largest absolute Gasteiger partial charge is 0.497 e. The van der Waals surface area contributed by atoms with Gasteiger partial charge in [-0.25, -0.2) is 8.42 Å². The number of carbonyl (C=O) groups is 1. The lowest BCUT2D eigenvalue weighted by Gasteiger charge is -2.35. The van der Waals surface area contributed by atoms with Crippen molar-refractivity contribution in [2.75, 3.05) is 27.7 Å². The number of sulfonamides is 1. The van der Waals surface area contributed by atoms with Crippen LogP contribution in [0.5, 0.6) is 5.75 Å². The lowest BCUT2D eigenvalue weighted by molar-refractivity contribution is -0.125. The summed E-state index contributed by atoms with van der Waals surface area (Å²) >= 11 is 5.97. The maximum atomic E-state index is 13.6. The quantitative estimate of drug-likeness (QED) is 0.481. The molecule has 0 aromatic heterocycles. The van der Waals surface area contributed by atoms with Crippen LogP contribution in [-0.4, -0.2) is 57.3 Å². The van der Waals surface area contributed by atoms with Gasteiger partial charge < -0.3 is 15.0 Å². The van der Waals surface area contributed by atoms with Crippen molar-refractivity contribution in [2.45, 2.75) is 29.9 Å². The molecule has 1 aliphatic rings. The van der Waals surface area contributed by atoms with E-state index in [1.54, 1.807) is 7.11 Å². The number of carbonyl (C=O) groups excluding carboxylic acids is 1. The molecule has 2 atom stereocenters. The first-order chi connectivity index (χ1) is 17.2. The highest BCUT2D eigenvalue weighted by Gasteiger charge is 2.39. The molecule has 0 aliphatic carbocycles. The third-order valence-electron chi connectivity index (χ3n) is 6.52. The first kappa shape index (κ1) is 26.2. The Morgan fingerprint density at radius 2 is 1.69 bits per heavy atom. The zero-order valence-electron chi connectivity index (χ0n) is 20.5. The SMILES string of the molecule is COc1ccc(C(CNC(=O)C2Cc3ccccc3CN2S(=O)(=O)c2ccc(Cl)cc2)N(C)C)cc1. The van der Waals surface area contributed by atoms with Gasteiger partial charge in [-0.3, -0.25) is 4.79 Å². The molecule has 0 fully saturated rings. The van der Waals surface area contributed by atoms with Gasteiger partial charge in [-0.2, -0.15) is 4.31 Å². The summed E-state index contributed by atoms with van der Waals surface area (Å²) in [6, 6.07) is 20.4. The van der Waals surface area contributed by atoms with Crippen molar-refractivity contribution in [3.8, 4) is 5.75 Å². The van der Waals surface area contributed by atoms with Crippen LogP contribution in [0.1, 0.15) is 22.7 Å². The Labute approximate surface area is 217 Å². The first-order valence-corrected chi connectivity index (χ1v) is 13.4. The van der Waals surface area contributed by atoms with E-state index in [0.717, 1.165) is 22.4 Å².